The predicted octanol–water partition coefficient (Wildman–Crippen LogP) is 2.20. The van der Waals surface area contributed by atoms with Crippen molar-refractivity contribution in [3.63, 3.8) is 0 Å². The summed E-state index contributed by atoms with van der Waals surface area (Å²) < 4.78 is 0. The standard InChI is InChI=1S/C9H6ClN/c10-9(6-11)5-7-3-1-2-4-8(7)9/h1-4H,5H2/t9-/m1/s1. The van der Waals surface area contributed by atoms with Crippen molar-refractivity contribution in [3.05, 3.63) is 35.4 Å². The molecule has 0 saturated carbocycles. The van der Waals surface area contributed by atoms with Crippen LogP contribution in [0.1, 0.15) is 11.1 Å². The van der Waals surface area contributed by atoms with Crippen LogP contribution in [-0.2, 0) is 11.3 Å². The lowest BCUT2D eigenvalue weighted by Crippen LogP contribution is -2.31. The molecule has 0 amide bonds. The highest BCUT2D eigenvalue weighted by Gasteiger charge is 2.40. The van der Waals surface area contributed by atoms with E-state index in [4.69, 9.17) is 16.9 Å². The molecule has 54 valence electrons. The molecule has 1 aliphatic carbocycles. The molecule has 2 rings (SSSR count). The second kappa shape index (κ2) is 1.99. The van der Waals surface area contributed by atoms with Gasteiger partial charge in [-0.3, -0.25) is 0 Å². The van der Waals surface area contributed by atoms with Crippen molar-refractivity contribution in [2.75, 3.05) is 0 Å². The van der Waals surface area contributed by atoms with Gasteiger partial charge in [0.25, 0.3) is 0 Å². The van der Waals surface area contributed by atoms with E-state index >= 15 is 0 Å². The molecule has 0 bridgehead atoms. The number of fused-ring (bicyclic) bond motifs is 1. The predicted molar refractivity (Wildman–Crippen MR) is 43.3 cm³/mol. The first kappa shape index (κ1) is 6.69. The molecule has 0 aromatic heterocycles. The van der Waals surface area contributed by atoms with Gasteiger partial charge in [0.2, 0.25) is 0 Å². The van der Waals surface area contributed by atoms with Crippen LogP contribution in [0.5, 0.6) is 0 Å². The van der Waals surface area contributed by atoms with Gasteiger partial charge in [0.15, 0.2) is 4.87 Å². The van der Waals surface area contributed by atoms with Crippen LogP contribution in [0.4, 0.5) is 0 Å². The van der Waals surface area contributed by atoms with Gasteiger partial charge in [0.05, 0.1) is 6.07 Å². The molecule has 0 aliphatic heterocycles. The fraction of sp³-hybridized carbons (Fsp3) is 0.222. The lowest BCUT2D eigenvalue weighted by molar-refractivity contribution is 0.668. The highest BCUT2D eigenvalue weighted by atomic mass is 35.5. The van der Waals surface area contributed by atoms with Gasteiger partial charge in [-0.05, 0) is 11.1 Å². The van der Waals surface area contributed by atoms with Crippen LogP contribution in [0.3, 0.4) is 0 Å². The Kier molecular flexibility index (Phi) is 1.21. The summed E-state index contributed by atoms with van der Waals surface area (Å²) in [6.07, 6.45) is 0.682. The monoisotopic (exact) mass is 163 g/mol. The Bertz CT molecular complexity index is 340. The van der Waals surface area contributed by atoms with Crippen LogP contribution >= 0.6 is 11.6 Å². The Morgan fingerprint density at radius 1 is 1.45 bits per heavy atom. The summed E-state index contributed by atoms with van der Waals surface area (Å²) in [6.45, 7) is 0. The van der Waals surface area contributed by atoms with Gasteiger partial charge in [0.1, 0.15) is 0 Å². The minimum atomic E-state index is -0.726. The molecular formula is C9H6ClN. The van der Waals surface area contributed by atoms with Crippen molar-refractivity contribution >= 4 is 11.6 Å². The highest BCUT2D eigenvalue weighted by molar-refractivity contribution is 6.27. The summed E-state index contributed by atoms with van der Waals surface area (Å²) >= 11 is 5.96. The molecule has 1 aromatic carbocycles. The second-order valence-corrected chi connectivity index (χ2v) is 3.39. The van der Waals surface area contributed by atoms with E-state index in [1.807, 2.05) is 24.3 Å². The van der Waals surface area contributed by atoms with E-state index in [-0.39, 0.29) is 0 Å². The lowest BCUT2D eigenvalue weighted by atomic mass is 9.78. The second-order valence-electron chi connectivity index (χ2n) is 2.75. The van der Waals surface area contributed by atoms with Crippen molar-refractivity contribution in [3.8, 4) is 6.07 Å². The Morgan fingerprint density at radius 3 is 2.82 bits per heavy atom. The number of hydrogen-bond donors (Lipinski definition) is 0. The van der Waals surface area contributed by atoms with Crippen molar-refractivity contribution in [2.45, 2.75) is 11.3 Å². The van der Waals surface area contributed by atoms with Crippen molar-refractivity contribution in [2.24, 2.45) is 0 Å². The zero-order chi connectivity index (χ0) is 7.90. The molecule has 2 heteroatoms. The van der Waals surface area contributed by atoms with E-state index in [2.05, 4.69) is 6.07 Å². The average molecular weight is 164 g/mol. The lowest BCUT2D eigenvalue weighted by Gasteiger charge is -2.32. The Hall–Kier alpha value is -1.00. The Balaban J connectivity index is 2.53. The van der Waals surface area contributed by atoms with Gasteiger partial charge < -0.3 is 0 Å². The van der Waals surface area contributed by atoms with Crippen LogP contribution < -0.4 is 0 Å². The molecule has 1 atom stereocenters. The molecule has 0 radical (unpaired) electrons. The molecule has 11 heavy (non-hydrogen) atoms. The number of rotatable bonds is 0. The van der Waals surface area contributed by atoms with Gasteiger partial charge in [-0.15, -0.1) is 0 Å². The molecule has 0 N–H and O–H groups in total. The first-order valence-corrected chi connectivity index (χ1v) is 3.83. The average Bonchev–Trinajstić information content (AvgIpc) is 2.02. The summed E-state index contributed by atoms with van der Waals surface area (Å²) in [7, 11) is 0. The van der Waals surface area contributed by atoms with Crippen molar-refractivity contribution < 1.29 is 0 Å². The maximum absolute atomic E-state index is 8.71. The minimum Gasteiger partial charge on any atom is -0.196 e. The van der Waals surface area contributed by atoms with E-state index in [0.29, 0.717) is 6.42 Å². The van der Waals surface area contributed by atoms with Crippen LogP contribution in [0.25, 0.3) is 0 Å². The number of nitriles is 1. The summed E-state index contributed by atoms with van der Waals surface area (Å²) in [5.41, 5.74) is 2.17. The molecule has 0 fully saturated rings. The van der Waals surface area contributed by atoms with E-state index in [0.717, 1.165) is 5.56 Å². The maximum atomic E-state index is 8.71. The molecule has 0 spiro atoms. The first-order chi connectivity index (χ1) is 5.26. The quantitative estimate of drug-likeness (QED) is 0.538. The number of nitrogens with zero attached hydrogens (tertiary/aromatic N) is 1. The number of hydrogen-bond acceptors (Lipinski definition) is 1. The van der Waals surface area contributed by atoms with Gasteiger partial charge >= 0.3 is 0 Å². The van der Waals surface area contributed by atoms with Crippen molar-refractivity contribution in [1.29, 1.82) is 5.26 Å². The summed E-state index contributed by atoms with van der Waals surface area (Å²) in [5.74, 6) is 0. The van der Waals surface area contributed by atoms with Gasteiger partial charge in [-0.1, -0.05) is 35.9 Å². The Labute approximate surface area is 70.2 Å². The van der Waals surface area contributed by atoms with Gasteiger partial charge in [0, 0.05) is 6.42 Å². The fourth-order valence-corrected chi connectivity index (χ4v) is 1.74. The smallest absolute Gasteiger partial charge is 0.160 e. The van der Waals surface area contributed by atoms with Gasteiger partial charge in [-0.2, -0.15) is 5.26 Å². The summed E-state index contributed by atoms with van der Waals surface area (Å²) in [4.78, 5) is -0.726. The van der Waals surface area contributed by atoms with Crippen LogP contribution in [0.2, 0.25) is 0 Å². The molecule has 0 saturated heterocycles. The van der Waals surface area contributed by atoms with Crippen LogP contribution in [-0.4, -0.2) is 0 Å². The third-order valence-corrected chi connectivity index (χ3v) is 2.48. The fourth-order valence-electron chi connectivity index (χ4n) is 1.41. The zero-order valence-electron chi connectivity index (χ0n) is 5.84. The highest BCUT2D eigenvalue weighted by Crippen LogP contribution is 2.43. The zero-order valence-corrected chi connectivity index (χ0v) is 6.60. The minimum absolute atomic E-state index is 0.682. The normalized spacial score (nSPS) is 26.5. The van der Waals surface area contributed by atoms with Crippen LogP contribution in [0.15, 0.2) is 24.3 Å². The summed E-state index contributed by atoms with van der Waals surface area (Å²) in [6, 6.07) is 9.89. The van der Waals surface area contributed by atoms with E-state index < -0.39 is 4.87 Å². The van der Waals surface area contributed by atoms with E-state index in [9.17, 15) is 0 Å². The Morgan fingerprint density at radius 2 is 2.18 bits per heavy atom. The molecular weight excluding hydrogens is 158 g/mol. The van der Waals surface area contributed by atoms with Crippen LogP contribution in [0, 0.1) is 11.3 Å². The van der Waals surface area contributed by atoms with E-state index in [1.54, 1.807) is 0 Å². The molecule has 0 unspecified atom stereocenters. The molecule has 1 nitrogen and oxygen atoms in total. The molecule has 0 heterocycles. The van der Waals surface area contributed by atoms with Crippen molar-refractivity contribution in [1.82, 2.24) is 0 Å². The third-order valence-electron chi connectivity index (χ3n) is 2.06. The van der Waals surface area contributed by atoms with E-state index in [1.165, 1.54) is 5.56 Å². The maximum Gasteiger partial charge on any atom is 0.160 e. The first-order valence-electron chi connectivity index (χ1n) is 3.45. The number of benzene rings is 1. The molecule has 1 aliphatic rings. The number of halogens is 1. The SMILES string of the molecule is N#C[C@]1(Cl)Cc2ccccc21. The molecule has 1 aromatic rings. The largest absolute Gasteiger partial charge is 0.196 e. The summed E-state index contributed by atoms with van der Waals surface area (Å²) in [5, 5.41) is 8.71. The third kappa shape index (κ3) is 0.766. The topological polar surface area (TPSA) is 23.8 Å². The van der Waals surface area contributed by atoms with Gasteiger partial charge in [-0.25, -0.2) is 0 Å². The number of alkyl halides is 1.